The topological polar surface area (TPSA) is 62.3 Å². The molecule has 1 fully saturated rings. The van der Waals surface area contributed by atoms with E-state index in [0.29, 0.717) is 30.8 Å². The van der Waals surface area contributed by atoms with E-state index < -0.39 is 6.04 Å². The summed E-state index contributed by atoms with van der Waals surface area (Å²) in [5.74, 6) is -0.217. The van der Waals surface area contributed by atoms with Crippen LogP contribution in [-0.2, 0) is 4.79 Å². The zero-order chi connectivity index (χ0) is 18.0. The predicted octanol–water partition coefficient (Wildman–Crippen LogP) is 3.17. The van der Waals surface area contributed by atoms with Crippen LogP contribution in [0.2, 0.25) is 0 Å². The Kier molecular flexibility index (Phi) is 5.18. The van der Waals surface area contributed by atoms with Crippen molar-refractivity contribution in [3.63, 3.8) is 0 Å². The van der Waals surface area contributed by atoms with Gasteiger partial charge in [-0.15, -0.1) is 0 Å². The number of aromatic nitrogens is 1. The van der Waals surface area contributed by atoms with E-state index in [2.05, 4.69) is 26.2 Å². The fourth-order valence-electron chi connectivity index (χ4n) is 3.11. The van der Waals surface area contributed by atoms with Crippen molar-refractivity contribution in [1.29, 1.82) is 0 Å². The van der Waals surface area contributed by atoms with Crippen molar-refractivity contribution in [2.45, 2.75) is 26.3 Å². The lowest BCUT2D eigenvalue weighted by atomic mass is 10.0. The van der Waals surface area contributed by atoms with Gasteiger partial charge in [0.15, 0.2) is 0 Å². The molecule has 5 nitrogen and oxygen atoms in total. The van der Waals surface area contributed by atoms with Gasteiger partial charge in [0, 0.05) is 23.1 Å². The van der Waals surface area contributed by atoms with Crippen LogP contribution >= 0.6 is 15.9 Å². The van der Waals surface area contributed by atoms with Gasteiger partial charge in [-0.1, -0.05) is 35.0 Å². The second-order valence-electron chi connectivity index (χ2n) is 6.05. The van der Waals surface area contributed by atoms with Crippen LogP contribution < -0.4 is 5.32 Å². The highest BCUT2D eigenvalue weighted by Crippen LogP contribution is 2.23. The quantitative estimate of drug-likeness (QED) is 0.858. The Bertz CT molecular complexity index is 822. The van der Waals surface area contributed by atoms with E-state index in [-0.39, 0.29) is 11.8 Å². The van der Waals surface area contributed by atoms with Crippen LogP contribution in [0.15, 0.2) is 40.9 Å². The number of pyridine rings is 1. The molecule has 2 aromatic rings. The van der Waals surface area contributed by atoms with Gasteiger partial charge < -0.3 is 10.2 Å². The highest BCUT2D eigenvalue weighted by atomic mass is 79.9. The first-order chi connectivity index (χ1) is 12.0. The van der Waals surface area contributed by atoms with Crippen LogP contribution in [0.1, 0.15) is 29.4 Å². The van der Waals surface area contributed by atoms with Gasteiger partial charge >= 0.3 is 0 Å². The first-order valence-corrected chi connectivity index (χ1v) is 9.13. The maximum Gasteiger partial charge on any atom is 0.256 e. The summed E-state index contributed by atoms with van der Waals surface area (Å²) in [5.41, 5.74) is 3.02. The molecule has 2 amide bonds. The number of nitrogens with zero attached hydrogens (tertiary/aromatic N) is 2. The van der Waals surface area contributed by atoms with E-state index in [4.69, 9.17) is 0 Å². The first kappa shape index (κ1) is 17.6. The van der Waals surface area contributed by atoms with Crippen LogP contribution in [0.4, 0.5) is 0 Å². The SMILES string of the molecule is CCC1C(=O)NCCN1C(=O)c1ccc(-c2cccc(Br)c2)nc1C. The number of amides is 2. The molecule has 1 aliphatic heterocycles. The van der Waals surface area contributed by atoms with Crippen LogP contribution in [0.5, 0.6) is 0 Å². The molecule has 3 rings (SSSR count). The monoisotopic (exact) mass is 401 g/mol. The zero-order valence-corrected chi connectivity index (χ0v) is 15.8. The number of hydrogen-bond acceptors (Lipinski definition) is 3. The number of aryl methyl sites for hydroxylation is 1. The molecule has 1 saturated heterocycles. The second-order valence-corrected chi connectivity index (χ2v) is 6.97. The Morgan fingerprint density at radius 2 is 2.16 bits per heavy atom. The smallest absolute Gasteiger partial charge is 0.256 e. The van der Waals surface area contributed by atoms with E-state index in [9.17, 15) is 9.59 Å². The average molecular weight is 402 g/mol. The highest BCUT2D eigenvalue weighted by molar-refractivity contribution is 9.10. The molecule has 1 aliphatic rings. The fraction of sp³-hybridized carbons (Fsp3) is 0.316. The van der Waals surface area contributed by atoms with Crippen molar-refractivity contribution in [3.8, 4) is 11.3 Å². The molecule has 130 valence electrons. The number of nitrogens with one attached hydrogen (secondary N) is 1. The predicted molar refractivity (Wildman–Crippen MR) is 100 cm³/mol. The molecule has 1 aromatic heterocycles. The van der Waals surface area contributed by atoms with Crippen molar-refractivity contribution < 1.29 is 9.59 Å². The normalized spacial score (nSPS) is 17.3. The molecule has 0 bridgehead atoms. The Balaban J connectivity index is 1.90. The molecule has 6 heteroatoms. The van der Waals surface area contributed by atoms with Crippen molar-refractivity contribution in [3.05, 3.63) is 52.1 Å². The molecule has 1 N–H and O–H groups in total. The molecule has 0 spiro atoms. The minimum Gasteiger partial charge on any atom is -0.353 e. The summed E-state index contributed by atoms with van der Waals surface area (Å²) in [5, 5.41) is 2.82. The van der Waals surface area contributed by atoms with Crippen LogP contribution in [-0.4, -0.2) is 40.8 Å². The number of carbonyl (C=O) groups is 2. The number of benzene rings is 1. The number of carbonyl (C=O) groups excluding carboxylic acids is 2. The molecule has 0 saturated carbocycles. The van der Waals surface area contributed by atoms with Gasteiger partial charge in [-0.2, -0.15) is 0 Å². The minimum absolute atomic E-state index is 0.0848. The van der Waals surface area contributed by atoms with Crippen molar-refractivity contribution >= 4 is 27.7 Å². The van der Waals surface area contributed by atoms with Crippen LogP contribution in [0.25, 0.3) is 11.3 Å². The molecule has 1 unspecified atom stereocenters. The van der Waals surface area contributed by atoms with Gasteiger partial charge in [0.2, 0.25) is 5.91 Å². The minimum atomic E-state index is -0.412. The Labute approximate surface area is 155 Å². The lowest BCUT2D eigenvalue weighted by Crippen LogP contribution is -2.57. The number of rotatable bonds is 3. The summed E-state index contributed by atoms with van der Waals surface area (Å²) >= 11 is 3.46. The molecule has 1 atom stereocenters. The number of hydrogen-bond donors (Lipinski definition) is 1. The average Bonchev–Trinajstić information content (AvgIpc) is 2.61. The Morgan fingerprint density at radius 3 is 2.84 bits per heavy atom. The summed E-state index contributed by atoms with van der Waals surface area (Å²) < 4.78 is 0.981. The molecule has 0 radical (unpaired) electrons. The highest BCUT2D eigenvalue weighted by Gasteiger charge is 2.32. The molecule has 25 heavy (non-hydrogen) atoms. The van der Waals surface area contributed by atoms with E-state index in [1.807, 2.05) is 44.2 Å². The lowest BCUT2D eigenvalue weighted by Gasteiger charge is -2.34. The van der Waals surface area contributed by atoms with Crippen molar-refractivity contribution in [2.24, 2.45) is 0 Å². The lowest BCUT2D eigenvalue weighted by molar-refractivity contribution is -0.127. The summed E-state index contributed by atoms with van der Waals surface area (Å²) in [4.78, 5) is 31.2. The van der Waals surface area contributed by atoms with Crippen LogP contribution in [0, 0.1) is 6.92 Å². The van der Waals surface area contributed by atoms with Gasteiger partial charge in [-0.3, -0.25) is 14.6 Å². The first-order valence-electron chi connectivity index (χ1n) is 8.33. The van der Waals surface area contributed by atoms with Gasteiger partial charge in [0.05, 0.1) is 17.0 Å². The molecular formula is C19H20BrN3O2. The zero-order valence-electron chi connectivity index (χ0n) is 14.3. The maximum atomic E-state index is 12.9. The van der Waals surface area contributed by atoms with E-state index >= 15 is 0 Å². The fourth-order valence-corrected chi connectivity index (χ4v) is 3.51. The molecule has 0 aliphatic carbocycles. The Hall–Kier alpha value is -2.21. The van der Waals surface area contributed by atoms with Gasteiger partial charge in [0.25, 0.3) is 5.91 Å². The summed E-state index contributed by atoms with van der Waals surface area (Å²) in [6.07, 6.45) is 0.597. The number of halogens is 1. The summed E-state index contributed by atoms with van der Waals surface area (Å²) in [6.45, 7) is 4.76. The standard InChI is InChI=1S/C19H20BrN3O2/c1-3-17-18(24)21-9-10-23(17)19(25)15-7-8-16(22-12(15)2)13-5-4-6-14(20)11-13/h4-8,11,17H,3,9-10H2,1-2H3,(H,21,24). The maximum absolute atomic E-state index is 12.9. The molecular weight excluding hydrogens is 382 g/mol. The second kappa shape index (κ2) is 7.35. The van der Waals surface area contributed by atoms with Crippen molar-refractivity contribution in [1.82, 2.24) is 15.2 Å². The van der Waals surface area contributed by atoms with Gasteiger partial charge in [0.1, 0.15) is 6.04 Å². The van der Waals surface area contributed by atoms with Crippen LogP contribution in [0.3, 0.4) is 0 Å². The van der Waals surface area contributed by atoms with Crippen molar-refractivity contribution in [2.75, 3.05) is 13.1 Å². The number of piperazine rings is 1. The van der Waals surface area contributed by atoms with Gasteiger partial charge in [-0.25, -0.2) is 0 Å². The third-order valence-corrected chi connectivity index (χ3v) is 4.91. The molecule has 1 aromatic carbocycles. The third kappa shape index (κ3) is 3.58. The van der Waals surface area contributed by atoms with E-state index in [0.717, 1.165) is 15.7 Å². The molecule has 2 heterocycles. The van der Waals surface area contributed by atoms with E-state index in [1.54, 1.807) is 11.0 Å². The Morgan fingerprint density at radius 1 is 1.36 bits per heavy atom. The van der Waals surface area contributed by atoms with Gasteiger partial charge in [-0.05, 0) is 37.6 Å². The van der Waals surface area contributed by atoms with E-state index in [1.165, 1.54) is 0 Å². The third-order valence-electron chi connectivity index (χ3n) is 4.41. The summed E-state index contributed by atoms with van der Waals surface area (Å²) in [6, 6.07) is 11.1. The summed E-state index contributed by atoms with van der Waals surface area (Å²) in [7, 11) is 0. The largest absolute Gasteiger partial charge is 0.353 e.